The first-order valence-electron chi connectivity index (χ1n) is 30.3. The third-order valence-corrected chi connectivity index (χ3v) is 20.2. The quantitative estimate of drug-likeness (QED) is 0.171. The second kappa shape index (κ2) is 17.2. The zero-order valence-corrected chi connectivity index (χ0v) is 47.2. The molecular formula is C84H50N2O. The van der Waals surface area contributed by atoms with Crippen molar-refractivity contribution >= 4 is 71.6 Å². The van der Waals surface area contributed by atoms with E-state index in [0.29, 0.717) is 0 Å². The van der Waals surface area contributed by atoms with Gasteiger partial charge in [0.15, 0.2) is 0 Å². The van der Waals surface area contributed by atoms with Crippen molar-refractivity contribution in [2.75, 3.05) is 4.90 Å². The molecule has 20 rings (SSSR count). The maximum Gasteiger partial charge on any atom is 0.135 e. The van der Waals surface area contributed by atoms with Crippen molar-refractivity contribution in [1.82, 2.24) is 4.57 Å². The van der Waals surface area contributed by atoms with E-state index in [1.54, 1.807) is 0 Å². The fourth-order valence-electron chi connectivity index (χ4n) is 16.9. The van der Waals surface area contributed by atoms with Gasteiger partial charge in [-0.1, -0.05) is 243 Å². The molecule has 402 valence electrons. The van der Waals surface area contributed by atoms with Crippen molar-refractivity contribution in [2.24, 2.45) is 0 Å². The molecule has 3 aliphatic carbocycles. The van der Waals surface area contributed by atoms with Crippen molar-refractivity contribution in [3.8, 4) is 61.3 Å². The fraction of sp³-hybridized carbons (Fsp3) is 0.0238. The van der Waals surface area contributed by atoms with Gasteiger partial charge in [0.1, 0.15) is 11.2 Å². The molecule has 0 fully saturated rings. The van der Waals surface area contributed by atoms with Gasteiger partial charge < -0.3 is 13.9 Å². The van der Waals surface area contributed by atoms with Crippen LogP contribution in [-0.4, -0.2) is 4.57 Å². The van der Waals surface area contributed by atoms with Crippen LogP contribution in [0.15, 0.2) is 308 Å². The van der Waals surface area contributed by atoms with E-state index in [-0.39, 0.29) is 0 Å². The largest absolute Gasteiger partial charge is 0.456 e. The zero-order chi connectivity index (χ0) is 56.7. The average Bonchev–Trinajstić information content (AvgIpc) is 1.55. The van der Waals surface area contributed by atoms with Crippen LogP contribution in [-0.2, 0) is 10.8 Å². The van der Waals surface area contributed by atoms with Crippen molar-refractivity contribution in [3.63, 3.8) is 0 Å². The maximum absolute atomic E-state index is 6.29. The van der Waals surface area contributed by atoms with Gasteiger partial charge in [0.2, 0.25) is 0 Å². The molecule has 2 spiro atoms. The molecule has 1 aliphatic heterocycles. The molecule has 1 atom stereocenters. The van der Waals surface area contributed by atoms with Crippen LogP contribution >= 0.6 is 0 Å². The Kier molecular flexibility index (Phi) is 9.32. The standard InChI is InChI=1S/C84H50N2O/c1-2-23-61-56(19-1)55(53-41-45-60-59-22-5-11-30-69(59)84(74(60)50-53)71-32-13-15-36-77(71)86-75-35-14-7-24-62(75)64-27-17-34-73(84)82(64)86)46-47-76(61)85(54-43-39-51(40-44-54)52-42-48-80-66(49-52)63-25-8-16-38-79(63)87-80)78-37-18-33-72-81(78)65-26-6-12-31-70(65)83(72)67-28-9-3-20-57(67)58-21-4-10-29-68(58)83/h1-50H. The van der Waals surface area contributed by atoms with Crippen molar-refractivity contribution in [2.45, 2.75) is 10.8 Å². The molecule has 4 aliphatic rings. The summed E-state index contributed by atoms with van der Waals surface area (Å²) in [6.07, 6.45) is 0. The number of hydrogen-bond acceptors (Lipinski definition) is 2. The van der Waals surface area contributed by atoms with E-state index in [9.17, 15) is 0 Å². The predicted molar refractivity (Wildman–Crippen MR) is 358 cm³/mol. The van der Waals surface area contributed by atoms with Gasteiger partial charge in [-0.15, -0.1) is 0 Å². The van der Waals surface area contributed by atoms with Crippen LogP contribution in [0.3, 0.4) is 0 Å². The molecule has 3 nitrogen and oxygen atoms in total. The van der Waals surface area contributed by atoms with Crippen molar-refractivity contribution < 1.29 is 4.42 Å². The average molecular weight is 1100 g/mol. The molecule has 2 aromatic heterocycles. The summed E-state index contributed by atoms with van der Waals surface area (Å²) in [6, 6.07) is 114. The Balaban J connectivity index is 0.812. The van der Waals surface area contributed by atoms with Crippen LogP contribution in [0.1, 0.15) is 44.5 Å². The molecule has 0 saturated carbocycles. The minimum absolute atomic E-state index is 0.502. The Morgan fingerprint density at radius 3 is 1.55 bits per heavy atom. The summed E-state index contributed by atoms with van der Waals surface area (Å²) in [5.74, 6) is 0. The Bertz CT molecular complexity index is 5630. The number of benzene rings is 14. The van der Waals surface area contributed by atoms with E-state index < -0.39 is 10.8 Å². The monoisotopic (exact) mass is 1100 g/mol. The van der Waals surface area contributed by atoms with Crippen LogP contribution in [0.25, 0.3) is 116 Å². The molecule has 3 heteroatoms. The highest BCUT2D eigenvalue weighted by molar-refractivity contribution is 6.14. The SMILES string of the molecule is c1ccc2c(c1)-c1ccccc1C21c2ccccc2-c2c(N(c3ccc(-c4ccc5oc6ccccc6c5c4)cc3)c3ccc(-c4ccc5c(c4)C4(c6ccccc6-5)c5ccccc5-n5c6ccccc6c6cccc4c65)c4ccccc34)cccc21. The number of fused-ring (bicyclic) bond motifs is 26. The van der Waals surface area contributed by atoms with E-state index in [1.807, 2.05) is 6.07 Å². The Morgan fingerprint density at radius 1 is 0.276 bits per heavy atom. The van der Waals surface area contributed by atoms with E-state index in [1.165, 1.54) is 127 Å². The minimum atomic E-state index is -0.569. The second-order valence-corrected chi connectivity index (χ2v) is 24.1. The summed E-state index contributed by atoms with van der Waals surface area (Å²) >= 11 is 0. The van der Waals surface area contributed by atoms with Gasteiger partial charge >= 0.3 is 0 Å². The first-order valence-corrected chi connectivity index (χ1v) is 30.3. The number of nitrogens with zero attached hydrogens (tertiary/aromatic N) is 2. The molecule has 0 bridgehead atoms. The number of hydrogen-bond donors (Lipinski definition) is 0. The molecule has 3 heterocycles. The van der Waals surface area contributed by atoms with Gasteiger partial charge in [-0.2, -0.15) is 0 Å². The van der Waals surface area contributed by atoms with E-state index >= 15 is 0 Å². The molecule has 0 amide bonds. The van der Waals surface area contributed by atoms with Gasteiger partial charge in [-0.25, -0.2) is 0 Å². The third-order valence-electron chi connectivity index (χ3n) is 20.2. The second-order valence-electron chi connectivity index (χ2n) is 24.1. The van der Waals surface area contributed by atoms with E-state index in [4.69, 9.17) is 4.42 Å². The zero-order valence-electron chi connectivity index (χ0n) is 47.2. The normalized spacial score (nSPS) is 15.0. The van der Waals surface area contributed by atoms with Crippen LogP contribution in [0, 0.1) is 0 Å². The highest BCUT2D eigenvalue weighted by Crippen LogP contribution is 2.66. The lowest BCUT2D eigenvalue weighted by Crippen LogP contribution is -2.33. The summed E-state index contributed by atoms with van der Waals surface area (Å²) in [7, 11) is 0. The maximum atomic E-state index is 6.29. The van der Waals surface area contributed by atoms with Gasteiger partial charge in [0.05, 0.1) is 38.9 Å². The Hall–Kier alpha value is -11.3. The summed E-state index contributed by atoms with van der Waals surface area (Å²) < 4.78 is 8.83. The molecule has 14 aromatic carbocycles. The summed E-state index contributed by atoms with van der Waals surface area (Å²) in [5.41, 5.74) is 30.7. The first kappa shape index (κ1) is 47.1. The van der Waals surface area contributed by atoms with E-state index in [2.05, 4.69) is 307 Å². The molecule has 16 aromatic rings. The van der Waals surface area contributed by atoms with Gasteiger partial charge in [0, 0.05) is 38.2 Å². The number of furan rings is 1. The van der Waals surface area contributed by atoms with E-state index in [0.717, 1.165) is 50.1 Å². The third kappa shape index (κ3) is 5.95. The fourth-order valence-corrected chi connectivity index (χ4v) is 16.9. The summed E-state index contributed by atoms with van der Waals surface area (Å²) in [4.78, 5) is 2.55. The minimum Gasteiger partial charge on any atom is -0.456 e. The van der Waals surface area contributed by atoms with Gasteiger partial charge in [-0.05, 0) is 161 Å². The van der Waals surface area contributed by atoms with Gasteiger partial charge in [0.25, 0.3) is 0 Å². The lowest BCUT2D eigenvalue weighted by Gasteiger charge is -2.39. The van der Waals surface area contributed by atoms with Crippen molar-refractivity contribution in [1.29, 1.82) is 0 Å². The molecule has 0 saturated heterocycles. The van der Waals surface area contributed by atoms with Crippen LogP contribution < -0.4 is 4.90 Å². The number of rotatable bonds is 5. The predicted octanol–water partition coefficient (Wildman–Crippen LogP) is 21.7. The highest BCUT2D eigenvalue weighted by Gasteiger charge is 2.53. The summed E-state index contributed by atoms with van der Waals surface area (Å²) in [5, 5.41) is 7.17. The lowest BCUT2D eigenvalue weighted by atomic mass is 9.65. The van der Waals surface area contributed by atoms with Crippen LogP contribution in [0.4, 0.5) is 17.1 Å². The first-order chi connectivity index (χ1) is 43.2. The molecule has 1 unspecified atom stereocenters. The number of para-hydroxylation sites is 4. The molecule has 87 heavy (non-hydrogen) atoms. The summed E-state index contributed by atoms with van der Waals surface area (Å²) in [6.45, 7) is 0. The highest BCUT2D eigenvalue weighted by atomic mass is 16.3. The number of aromatic nitrogens is 1. The topological polar surface area (TPSA) is 21.3 Å². The van der Waals surface area contributed by atoms with Crippen molar-refractivity contribution in [3.05, 3.63) is 348 Å². The van der Waals surface area contributed by atoms with Crippen LogP contribution in [0.2, 0.25) is 0 Å². The Labute approximate surface area is 502 Å². The van der Waals surface area contributed by atoms with Gasteiger partial charge in [-0.3, -0.25) is 0 Å². The smallest absolute Gasteiger partial charge is 0.135 e. The molecule has 0 radical (unpaired) electrons. The molecular weight excluding hydrogens is 1050 g/mol. The van der Waals surface area contributed by atoms with Crippen LogP contribution in [0.5, 0.6) is 0 Å². The lowest BCUT2D eigenvalue weighted by molar-refractivity contribution is 0.669. The molecule has 0 N–H and O–H groups in total. The number of anilines is 3. The Morgan fingerprint density at radius 2 is 0.793 bits per heavy atom.